The Labute approximate surface area is 89.2 Å². The van der Waals surface area contributed by atoms with Gasteiger partial charge in [0.25, 0.3) is 0 Å². The summed E-state index contributed by atoms with van der Waals surface area (Å²) >= 11 is 2.25. The average Bonchev–Trinajstić information content (AvgIpc) is 2.47. The first-order valence-corrected chi connectivity index (χ1v) is 5.59. The van der Waals surface area contributed by atoms with Gasteiger partial charge in [0.05, 0.1) is 5.56 Å². The molecule has 1 aliphatic heterocycles. The molecule has 2 heterocycles. The maximum Gasteiger partial charge on any atom is 0.342 e. The van der Waals surface area contributed by atoms with Gasteiger partial charge in [-0.15, -0.1) is 0 Å². The molecule has 0 bridgehead atoms. The summed E-state index contributed by atoms with van der Waals surface area (Å²) < 4.78 is 11.4. The Hall–Kier alpha value is -0.520. The number of alkyl halides is 1. The lowest BCUT2D eigenvalue weighted by Crippen LogP contribution is -2.14. The Morgan fingerprint density at radius 3 is 3.15 bits per heavy atom. The highest BCUT2D eigenvalue weighted by Crippen LogP contribution is 2.27. The third-order valence-corrected chi connectivity index (χ3v) is 3.01. The van der Waals surface area contributed by atoms with Crippen molar-refractivity contribution in [3.63, 3.8) is 0 Å². The van der Waals surface area contributed by atoms with Crippen LogP contribution in [0, 0.1) is 6.92 Å². The van der Waals surface area contributed by atoms with Gasteiger partial charge in [-0.25, -0.2) is 4.79 Å². The Morgan fingerprint density at radius 1 is 1.69 bits per heavy atom. The van der Waals surface area contributed by atoms with Gasteiger partial charge >= 0.3 is 5.63 Å². The number of rotatable bonds is 1. The van der Waals surface area contributed by atoms with Crippen LogP contribution in [0.15, 0.2) is 15.3 Å². The zero-order chi connectivity index (χ0) is 9.42. The predicted octanol–water partition coefficient (Wildman–Crippen LogP) is 1.69. The molecule has 2 rings (SSSR count). The van der Waals surface area contributed by atoms with Gasteiger partial charge in [-0.3, -0.25) is 0 Å². The van der Waals surface area contributed by atoms with Gasteiger partial charge in [0, 0.05) is 16.9 Å². The SMILES string of the molecule is Cc1cc2c(c(=O)o1)CC(CI)O2. The molecule has 4 heteroatoms. The lowest BCUT2D eigenvalue weighted by atomic mass is 10.2. The van der Waals surface area contributed by atoms with Crippen molar-refractivity contribution < 1.29 is 9.15 Å². The van der Waals surface area contributed by atoms with Crippen LogP contribution in [0.5, 0.6) is 5.75 Å². The monoisotopic (exact) mass is 292 g/mol. The molecule has 13 heavy (non-hydrogen) atoms. The molecule has 0 aromatic carbocycles. The molecule has 0 saturated heterocycles. The van der Waals surface area contributed by atoms with Gasteiger partial charge in [-0.1, -0.05) is 22.6 Å². The van der Waals surface area contributed by atoms with E-state index < -0.39 is 0 Å². The van der Waals surface area contributed by atoms with E-state index in [9.17, 15) is 4.79 Å². The van der Waals surface area contributed by atoms with Crippen LogP contribution < -0.4 is 10.4 Å². The average molecular weight is 292 g/mol. The normalized spacial score (nSPS) is 19.7. The van der Waals surface area contributed by atoms with Gasteiger partial charge < -0.3 is 9.15 Å². The summed E-state index contributed by atoms with van der Waals surface area (Å²) in [6.45, 7) is 1.75. The lowest BCUT2D eigenvalue weighted by Gasteiger charge is -2.04. The maximum atomic E-state index is 11.3. The van der Waals surface area contributed by atoms with Crippen molar-refractivity contribution >= 4 is 22.6 Å². The number of hydrogen-bond donors (Lipinski definition) is 0. The summed E-state index contributed by atoms with van der Waals surface area (Å²) in [6.07, 6.45) is 0.821. The van der Waals surface area contributed by atoms with Crippen molar-refractivity contribution in [3.8, 4) is 5.75 Å². The molecule has 0 spiro atoms. The lowest BCUT2D eigenvalue weighted by molar-refractivity contribution is 0.262. The molecule has 3 nitrogen and oxygen atoms in total. The molecule has 1 aromatic heterocycles. The quantitative estimate of drug-likeness (QED) is 0.584. The molecule has 1 unspecified atom stereocenters. The molecule has 0 amide bonds. The molecule has 0 fully saturated rings. The molecule has 0 saturated carbocycles. The fraction of sp³-hybridized carbons (Fsp3) is 0.444. The van der Waals surface area contributed by atoms with Gasteiger partial charge in [0.2, 0.25) is 0 Å². The second kappa shape index (κ2) is 3.32. The third-order valence-electron chi connectivity index (χ3n) is 2.03. The van der Waals surface area contributed by atoms with Crippen LogP contribution in [-0.2, 0) is 6.42 Å². The molecule has 0 radical (unpaired) electrons. The first kappa shape index (κ1) is 9.05. The van der Waals surface area contributed by atoms with Crippen molar-refractivity contribution in [3.05, 3.63) is 27.8 Å². The molecule has 70 valence electrons. The second-order valence-electron chi connectivity index (χ2n) is 3.09. The molecule has 1 aliphatic rings. The van der Waals surface area contributed by atoms with Gasteiger partial charge in [0.15, 0.2) is 0 Å². The standard InChI is InChI=1S/C9H9IO3/c1-5-2-8-7(9(11)12-5)3-6(4-10)13-8/h2,6H,3-4H2,1H3. The maximum absolute atomic E-state index is 11.3. The Morgan fingerprint density at radius 2 is 2.46 bits per heavy atom. The highest BCUT2D eigenvalue weighted by Gasteiger charge is 2.25. The van der Waals surface area contributed by atoms with Crippen LogP contribution in [0.4, 0.5) is 0 Å². The summed E-state index contributed by atoms with van der Waals surface area (Å²) in [5, 5.41) is 0. The number of halogens is 1. The molecular weight excluding hydrogens is 283 g/mol. The summed E-state index contributed by atoms with van der Waals surface area (Å²) in [4.78, 5) is 11.3. The van der Waals surface area contributed by atoms with Crippen molar-refractivity contribution in [1.29, 1.82) is 0 Å². The number of ether oxygens (including phenoxy) is 1. The van der Waals surface area contributed by atoms with E-state index in [1.54, 1.807) is 13.0 Å². The van der Waals surface area contributed by atoms with E-state index in [2.05, 4.69) is 22.6 Å². The highest BCUT2D eigenvalue weighted by molar-refractivity contribution is 14.1. The minimum atomic E-state index is -0.248. The zero-order valence-electron chi connectivity index (χ0n) is 7.17. The molecule has 0 N–H and O–H groups in total. The summed E-state index contributed by atoms with van der Waals surface area (Å²) in [5.74, 6) is 1.31. The Kier molecular flexibility index (Phi) is 2.31. The van der Waals surface area contributed by atoms with E-state index in [0.717, 1.165) is 4.43 Å². The van der Waals surface area contributed by atoms with Crippen LogP contribution in [0.1, 0.15) is 11.3 Å². The van der Waals surface area contributed by atoms with Crippen molar-refractivity contribution in [2.45, 2.75) is 19.4 Å². The van der Waals surface area contributed by atoms with Gasteiger partial charge in [0.1, 0.15) is 17.6 Å². The van der Waals surface area contributed by atoms with E-state index in [1.165, 1.54) is 0 Å². The Bertz CT molecular complexity index is 383. The van der Waals surface area contributed by atoms with Crippen LogP contribution >= 0.6 is 22.6 Å². The molecule has 1 atom stereocenters. The largest absolute Gasteiger partial charge is 0.489 e. The number of aryl methyl sites for hydroxylation is 1. The topological polar surface area (TPSA) is 39.4 Å². The molecular formula is C9H9IO3. The summed E-state index contributed by atoms with van der Waals surface area (Å²) in [7, 11) is 0. The zero-order valence-corrected chi connectivity index (χ0v) is 9.33. The summed E-state index contributed by atoms with van der Waals surface area (Å²) in [6, 6.07) is 1.78. The van der Waals surface area contributed by atoms with E-state index in [1.807, 2.05) is 0 Å². The predicted molar refractivity (Wildman–Crippen MR) is 56.7 cm³/mol. The van der Waals surface area contributed by atoms with Crippen molar-refractivity contribution in [1.82, 2.24) is 0 Å². The number of fused-ring (bicyclic) bond motifs is 1. The fourth-order valence-corrected chi connectivity index (χ4v) is 1.92. The van der Waals surface area contributed by atoms with Crippen LogP contribution in [0.3, 0.4) is 0 Å². The van der Waals surface area contributed by atoms with E-state index in [-0.39, 0.29) is 11.7 Å². The first-order chi connectivity index (χ1) is 6.20. The third kappa shape index (κ3) is 1.59. The minimum absolute atomic E-state index is 0.139. The van der Waals surface area contributed by atoms with Gasteiger partial charge in [-0.05, 0) is 6.92 Å². The van der Waals surface area contributed by atoms with Crippen LogP contribution in [-0.4, -0.2) is 10.5 Å². The Balaban J connectivity index is 2.46. The fourth-order valence-electron chi connectivity index (χ4n) is 1.43. The van der Waals surface area contributed by atoms with E-state index in [0.29, 0.717) is 23.5 Å². The molecule has 0 aliphatic carbocycles. The smallest absolute Gasteiger partial charge is 0.342 e. The first-order valence-electron chi connectivity index (χ1n) is 4.07. The van der Waals surface area contributed by atoms with Crippen molar-refractivity contribution in [2.75, 3.05) is 4.43 Å². The van der Waals surface area contributed by atoms with Gasteiger partial charge in [-0.2, -0.15) is 0 Å². The van der Waals surface area contributed by atoms with Crippen LogP contribution in [0.25, 0.3) is 0 Å². The van der Waals surface area contributed by atoms with Crippen LogP contribution in [0.2, 0.25) is 0 Å². The summed E-state index contributed by atoms with van der Waals surface area (Å²) in [5.41, 5.74) is 0.439. The van der Waals surface area contributed by atoms with Crippen molar-refractivity contribution in [2.24, 2.45) is 0 Å². The second-order valence-corrected chi connectivity index (χ2v) is 3.97. The number of hydrogen-bond acceptors (Lipinski definition) is 3. The molecule has 1 aromatic rings. The van der Waals surface area contributed by atoms with E-state index >= 15 is 0 Å². The highest BCUT2D eigenvalue weighted by atomic mass is 127. The minimum Gasteiger partial charge on any atom is -0.489 e. The van der Waals surface area contributed by atoms with E-state index in [4.69, 9.17) is 9.15 Å².